The molecule has 0 aromatic heterocycles. The summed E-state index contributed by atoms with van der Waals surface area (Å²) in [4.78, 5) is 14.8. The van der Waals surface area contributed by atoms with Crippen molar-refractivity contribution in [2.24, 2.45) is 5.92 Å². The van der Waals surface area contributed by atoms with Gasteiger partial charge in [-0.2, -0.15) is 0 Å². The predicted molar refractivity (Wildman–Crippen MR) is 107 cm³/mol. The van der Waals surface area contributed by atoms with Crippen molar-refractivity contribution < 1.29 is 19.4 Å². The maximum atomic E-state index is 12.5. The highest BCUT2D eigenvalue weighted by Gasteiger charge is 2.26. The van der Waals surface area contributed by atoms with Gasteiger partial charge in [0, 0.05) is 12.5 Å². The van der Waals surface area contributed by atoms with Gasteiger partial charge in [-0.1, -0.05) is 23.7 Å². The number of hydrogen-bond donors (Lipinski definition) is 2. The third-order valence-electron chi connectivity index (χ3n) is 5.18. The van der Waals surface area contributed by atoms with Crippen molar-refractivity contribution in [3.63, 3.8) is 0 Å². The largest absolute Gasteiger partial charge is 0.506 e. The molecule has 2 aliphatic heterocycles. The molecule has 2 N–H and O–H groups in total. The van der Waals surface area contributed by atoms with Gasteiger partial charge in [0.1, 0.15) is 19.0 Å². The van der Waals surface area contributed by atoms with Crippen molar-refractivity contribution in [2.75, 3.05) is 31.6 Å². The molecule has 7 heteroatoms. The molecule has 2 aromatic carbocycles. The molecule has 1 fully saturated rings. The number of benzene rings is 2. The van der Waals surface area contributed by atoms with E-state index >= 15 is 0 Å². The summed E-state index contributed by atoms with van der Waals surface area (Å²) in [6, 6.07) is 10.7. The summed E-state index contributed by atoms with van der Waals surface area (Å²) in [7, 11) is 0. The number of amides is 1. The third kappa shape index (κ3) is 4.18. The van der Waals surface area contributed by atoms with E-state index in [-0.39, 0.29) is 17.6 Å². The topological polar surface area (TPSA) is 71.0 Å². The van der Waals surface area contributed by atoms with Crippen LogP contribution in [-0.4, -0.2) is 42.2 Å². The Bertz CT molecular complexity index is 865. The van der Waals surface area contributed by atoms with Gasteiger partial charge in [0.2, 0.25) is 5.91 Å². The SMILES string of the molecule is O=C(Nc1ccccc1O)C1CCN(Cc2cc(Cl)c3c(c2)OCCO3)CC1. The number of para-hydroxylation sites is 2. The summed E-state index contributed by atoms with van der Waals surface area (Å²) in [6.45, 7) is 3.45. The highest BCUT2D eigenvalue weighted by molar-refractivity contribution is 6.32. The molecule has 28 heavy (non-hydrogen) atoms. The number of nitrogens with zero attached hydrogens (tertiary/aromatic N) is 1. The Kier molecular flexibility index (Phi) is 5.59. The zero-order valence-electron chi connectivity index (χ0n) is 15.5. The van der Waals surface area contributed by atoms with Crippen LogP contribution in [0.25, 0.3) is 0 Å². The molecule has 0 unspecified atom stereocenters. The summed E-state index contributed by atoms with van der Waals surface area (Å²) in [6.07, 6.45) is 1.55. The van der Waals surface area contributed by atoms with Gasteiger partial charge >= 0.3 is 0 Å². The van der Waals surface area contributed by atoms with Crippen molar-refractivity contribution in [3.8, 4) is 17.2 Å². The number of halogens is 1. The van der Waals surface area contributed by atoms with Crippen molar-refractivity contribution in [2.45, 2.75) is 19.4 Å². The Balaban J connectivity index is 1.33. The second kappa shape index (κ2) is 8.29. The minimum Gasteiger partial charge on any atom is -0.506 e. The molecule has 6 nitrogen and oxygen atoms in total. The number of carbonyl (C=O) groups is 1. The number of phenolic OH excluding ortho intramolecular Hbond substituents is 1. The molecule has 0 spiro atoms. The fourth-order valence-electron chi connectivity index (χ4n) is 3.68. The summed E-state index contributed by atoms with van der Waals surface area (Å²) >= 11 is 6.32. The van der Waals surface area contributed by atoms with E-state index in [1.54, 1.807) is 24.3 Å². The van der Waals surface area contributed by atoms with E-state index in [1.165, 1.54) is 0 Å². The van der Waals surface area contributed by atoms with Crippen LogP contribution in [0.3, 0.4) is 0 Å². The quantitative estimate of drug-likeness (QED) is 0.763. The smallest absolute Gasteiger partial charge is 0.227 e. The molecule has 0 radical (unpaired) electrons. The Morgan fingerprint density at radius 1 is 1.18 bits per heavy atom. The number of hydrogen-bond acceptors (Lipinski definition) is 5. The molecule has 0 saturated carbocycles. The van der Waals surface area contributed by atoms with Crippen LogP contribution >= 0.6 is 11.6 Å². The van der Waals surface area contributed by atoms with Gasteiger partial charge in [0.25, 0.3) is 0 Å². The van der Waals surface area contributed by atoms with Crippen LogP contribution in [0.1, 0.15) is 18.4 Å². The maximum absolute atomic E-state index is 12.5. The van der Waals surface area contributed by atoms with E-state index in [0.29, 0.717) is 35.4 Å². The number of anilines is 1. The predicted octanol–water partition coefficient (Wildman–Crippen LogP) is 3.67. The Morgan fingerprint density at radius 3 is 2.71 bits per heavy atom. The fraction of sp³-hybridized carbons (Fsp3) is 0.381. The monoisotopic (exact) mass is 402 g/mol. The van der Waals surface area contributed by atoms with Gasteiger partial charge in [-0.05, 0) is 55.8 Å². The lowest BCUT2D eigenvalue weighted by Gasteiger charge is -2.31. The molecule has 1 amide bonds. The van der Waals surface area contributed by atoms with Crippen molar-refractivity contribution in [3.05, 3.63) is 47.0 Å². The Hall–Kier alpha value is -2.44. The van der Waals surface area contributed by atoms with Crippen molar-refractivity contribution in [1.29, 1.82) is 0 Å². The lowest BCUT2D eigenvalue weighted by molar-refractivity contribution is -0.121. The summed E-state index contributed by atoms with van der Waals surface area (Å²) < 4.78 is 11.2. The van der Waals surface area contributed by atoms with E-state index in [1.807, 2.05) is 12.1 Å². The van der Waals surface area contributed by atoms with Gasteiger partial charge < -0.3 is 19.9 Å². The second-order valence-electron chi connectivity index (χ2n) is 7.16. The van der Waals surface area contributed by atoms with Gasteiger partial charge in [-0.3, -0.25) is 9.69 Å². The summed E-state index contributed by atoms with van der Waals surface area (Å²) in [5.74, 6) is 1.31. The molecule has 2 heterocycles. The average Bonchev–Trinajstić information content (AvgIpc) is 2.70. The summed E-state index contributed by atoms with van der Waals surface area (Å²) in [5.41, 5.74) is 1.53. The summed E-state index contributed by atoms with van der Waals surface area (Å²) in [5, 5.41) is 13.2. The van der Waals surface area contributed by atoms with Crippen LogP contribution in [0.15, 0.2) is 36.4 Å². The maximum Gasteiger partial charge on any atom is 0.227 e. The Morgan fingerprint density at radius 2 is 1.93 bits per heavy atom. The molecule has 0 aliphatic carbocycles. The normalized spacial score (nSPS) is 17.3. The highest BCUT2D eigenvalue weighted by atomic mass is 35.5. The van der Waals surface area contributed by atoms with Gasteiger partial charge in [0.15, 0.2) is 11.5 Å². The van der Waals surface area contributed by atoms with Gasteiger partial charge in [-0.15, -0.1) is 0 Å². The van der Waals surface area contributed by atoms with E-state index < -0.39 is 0 Å². The Labute approximate surface area is 169 Å². The fourth-order valence-corrected chi connectivity index (χ4v) is 3.97. The molecule has 2 aromatic rings. The number of ether oxygens (including phenoxy) is 2. The third-order valence-corrected chi connectivity index (χ3v) is 5.46. The van der Waals surface area contributed by atoms with Crippen LogP contribution < -0.4 is 14.8 Å². The van der Waals surface area contributed by atoms with Crippen LogP contribution in [0.2, 0.25) is 5.02 Å². The highest BCUT2D eigenvalue weighted by Crippen LogP contribution is 2.38. The first kappa shape index (κ1) is 18.9. The van der Waals surface area contributed by atoms with Gasteiger partial charge in [-0.25, -0.2) is 0 Å². The number of nitrogens with one attached hydrogen (secondary N) is 1. The molecule has 2 aliphatic rings. The minimum atomic E-state index is -0.0558. The molecule has 4 rings (SSSR count). The molecular weight excluding hydrogens is 380 g/mol. The number of phenols is 1. The lowest BCUT2D eigenvalue weighted by Crippen LogP contribution is -2.37. The number of piperidine rings is 1. The van der Waals surface area contributed by atoms with Crippen LogP contribution in [0.4, 0.5) is 5.69 Å². The van der Waals surface area contributed by atoms with Crippen molar-refractivity contribution >= 4 is 23.2 Å². The number of rotatable bonds is 4. The minimum absolute atomic E-state index is 0.0384. The standard InChI is InChI=1S/C21H23ClN2O4/c22-16-11-14(12-19-20(16)28-10-9-27-19)13-24-7-5-15(6-8-24)21(26)23-17-3-1-2-4-18(17)25/h1-4,11-12,15,25H,5-10,13H2,(H,23,26). The van der Waals surface area contributed by atoms with Crippen LogP contribution in [-0.2, 0) is 11.3 Å². The van der Waals surface area contributed by atoms with Crippen molar-refractivity contribution in [1.82, 2.24) is 4.90 Å². The lowest BCUT2D eigenvalue weighted by atomic mass is 9.95. The van der Waals surface area contributed by atoms with Gasteiger partial charge in [0.05, 0.1) is 10.7 Å². The first-order valence-corrected chi connectivity index (χ1v) is 9.87. The molecule has 148 valence electrons. The van der Waals surface area contributed by atoms with E-state index in [4.69, 9.17) is 21.1 Å². The average molecular weight is 403 g/mol. The molecular formula is C21H23ClN2O4. The molecule has 0 atom stereocenters. The number of likely N-dealkylation sites (tertiary alicyclic amines) is 1. The van der Waals surface area contributed by atoms with E-state index in [0.717, 1.165) is 38.0 Å². The van der Waals surface area contributed by atoms with E-state index in [2.05, 4.69) is 10.2 Å². The zero-order valence-corrected chi connectivity index (χ0v) is 16.2. The van der Waals surface area contributed by atoms with Crippen LogP contribution in [0, 0.1) is 5.92 Å². The first-order chi connectivity index (χ1) is 13.6. The van der Waals surface area contributed by atoms with Crippen LogP contribution in [0.5, 0.6) is 17.2 Å². The number of carbonyl (C=O) groups excluding carboxylic acids is 1. The van der Waals surface area contributed by atoms with E-state index in [9.17, 15) is 9.90 Å². The molecule has 0 bridgehead atoms. The number of aromatic hydroxyl groups is 1. The molecule has 1 saturated heterocycles. The first-order valence-electron chi connectivity index (χ1n) is 9.49. The zero-order chi connectivity index (χ0) is 19.5. The number of fused-ring (bicyclic) bond motifs is 1. The second-order valence-corrected chi connectivity index (χ2v) is 7.57.